The fraction of sp³-hybridized carbons (Fsp3) is 0.368. The lowest BCUT2D eigenvalue weighted by Gasteiger charge is -2.22. The van der Waals surface area contributed by atoms with E-state index in [9.17, 15) is 4.79 Å². The molecule has 4 rings (SSSR count). The molecule has 2 heterocycles. The van der Waals surface area contributed by atoms with Gasteiger partial charge in [-0.15, -0.1) is 0 Å². The third-order valence-corrected chi connectivity index (χ3v) is 6.11. The highest BCUT2D eigenvalue weighted by Gasteiger charge is 2.38. The zero-order chi connectivity index (χ0) is 17.4. The van der Waals surface area contributed by atoms with E-state index in [1.165, 1.54) is 24.6 Å². The van der Waals surface area contributed by atoms with Crippen molar-refractivity contribution >= 4 is 40.3 Å². The Labute approximate surface area is 156 Å². The number of ether oxygens (including phenoxy) is 2. The molecule has 2 aliphatic heterocycles. The fourth-order valence-corrected chi connectivity index (χ4v) is 4.98. The van der Waals surface area contributed by atoms with Crippen LogP contribution in [0.4, 0.5) is 0 Å². The van der Waals surface area contributed by atoms with Gasteiger partial charge in [-0.2, -0.15) is 0 Å². The van der Waals surface area contributed by atoms with Crippen LogP contribution in [0.2, 0.25) is 0 Å². The van der Waals surface area contributed by atoms with E-state index >= 15 is 0 Å². The normalized spacial score (nSPS) is 22.2. The lowest BCUT2D eigenvalue weighted by atomic mass is 10.1. The van der Waals surface area contributed by atoms with Crippen molar-refractivity contribution in [2.45, 2.75) is 31.7 Å². The Morgan fingerprint density at radius 1 is 1.36 bits per heavy atom. The van der Waals surface area contributed by atoms with Crippen molar-refractivity contribution in [3.63, 3.8) is 0 Å². The second kappa shape index (κ2) is 6.84. The summed E-state index contributed by atoms with van der Waals surface area (Å²) >= 11 is 6.85. The predicted molar refractivity (Wildman–Crippen MR) is 104 cm³/mol. The number of hydrogen-bond acceptors (Lipinski definition) is 5. The van der Waals surface area contributed by atoms with Crippen molar-refractivity contribution in [3.8, 4) is 11.5 Å². The molecule has 1 saturated carbocycles. The van der Waals surface area contributed by atoms with Gasteiger partial charge in [-0.3, -0.25) is 9.69 Å². The first-order chi connectivity index (χ1) is 12.2. The molecule has 0 spiro atoms. The molecule has 4 nitrogen and oxygen atoms in total. The summed E-state index contributed by atoms with van der Waals surface area (Å²) in [5.41, 5.74) is 1.93. The Hall–Kier alpha value is -1.79. The van der Waals surface area contributed by atoms with E-state index < -0.39 is 0 Å². The maximum atomic E-state index is 12.8. The summed E-state index contributed by atoms with van der Waals surface area (Å²) in [5.74, 6) is 1.51. The lowest BCUT2D eigenvalue weighted by molar-refractivity contribution is -0.123. The largest absolute Gasteiger partial charge is 0.493 e. The van der Waals surface area contributed by atoms with Gasteiger partial charge in [0.15, 0.2) is 11.5 Å². The van der Waals surface area contributed by atoms with Crippen molar-refractivity contribution in [1.82, 2.24) is 4.90 Å². The van der Waals surface area contributed by atoms with Crippen molar-refractivity contribution in [3.05, 3.63) is 40.3 Å². The van der Waals surface area contributed by atoms with E-state index in [4.69, 9.17) is 21.7 Å². The molecule has 1 aliphatic carbocycles. The molecule has 3 aliphatic rings. The first-order valence-corrected chi connectivity index (χ1v) is 9.67. The quantitative estimate of drug-likeness (QED) is 0.588. The highest BCUT2D eigenvalue weighted by atomic mass is 32.2. The van der Waals surface area contributed by atoms with Crippen molar-refractivity contribution in [2.75, 3.05) is 13.7 Å². The minimum Gasteiger partial charge on any atom is -0.493 e. The number of carbonyl (C=O) groups excluding carboxylic acids is 1. The zero-order valence-electron chi connectivity index (χ0n) is 14.0. The van der Waals surface area contributed by atoms with E-state index in [0.29, 0.717) is 15.8 Å². The Kier molecular flexibility index (Phi) is 4.56. The Balaban J connectivity index is 1.60. The second-order valence-electron chi connectivity index (χ2n) is 6.38. The third kappa shape index (κ3) is 3.09. The molecule has 0 bridgehead atoms. The molecule has 1 aromatic rings. The van der Waals surface area contributed by atoms with Crippen LogP contribution in [0.3, 0.4) is 0 Å². The highest BCUT2D eigenvalue weighted by Crippen LogP contribution is 2.39. The first-order valence-electron chi connectivity index (χ1n) is 8.45. The van der Waals surface area contributed by atoms with Crippen LogP contribution in [0.1, 0.15) is 31.2 Å². The van der Waals surface area contributed by atoms with Crippen LogP contribution in [0.25, 0.3) is 6.08 Å². The lowest BCUT2D eigenvalue weighted by Crippen LogP contribution is -2.36. The molecule has 130 valence electrons. The van der Waals surface area contributed by atoms with Crippen molar-refractivity contribution < 1.29 is 14.3 Å². The standard InChI is InChI=1S/C19H19NO3S2/c1-22-15-8-4-5-13-9-12(11-23-17(13)15)10-16-18(21)20(19(24)25-16)14-6-2-3-7-14/h4-5,8-10,14H,2-3,6-7,11H2,1H3. The first kappa shape index (κ1) is 16.7. The van der Waals surface area contributed by atoms with Gasteiger partial charge < -0.3 is 9.47 Å². The number of nitrogens with zero attached hydrogens (tertiary/aromatic N) is 1. The fourth-order valence-electron chi connectivity index (χ4n) is 3.57. The average Bonchev–Trinajstić information content (AvgIpc) is 3.22. The number of rotatable bonds is 3. The molecular formula is C19H19NO3S2. The van der Waals surface area contributed by atoms with E-state index in [2.05, 4.69) is 0 Å². The summed E-state index contributed by atoms with van der Waals surface area (Å²) in [6, 6.07) is 6.07. The Bertz CT molecular complexity index is 794. The van der Waals surface area contributed by atoms with Crippen molar-refractivity contribution in [2.24, 2.45) is 0 Å². The van der Waals surface area contributed by atoms with Crippen LogP contribution < -0.4 is 9.47 Å². The van der Waals surface area contributed by atoms with Crippen LogP contribution >= 0.6 is 24.0 Å². The minimum absolute atomic E-state index is 0.0410. The molecule has 0 unspecified atom stereocenters. The van der Waals surface area contributed by atoms with Crippen LogP contribution in [0.5, 0.6) is 11.5 Å². The molecule has 6 heteroatoms. The van der Waals surface area contributed by atoms with E-state index in [1.807, 2.05) is 35.3 Å². The minimum atomic E-state index is 0.0410. The second-order valence-corrected chi connectivity index (χ2v) is 8.05. The number of para-hydroxylation sites is 1. The van der Waals surface area contributed by atoms with Crippen LogP contribution in [-0.2, 0) is 4.79 Å². The van der Waals surface area contributed by atoms with Gasteiger partial charge in [-0.1, -0.05) is 49.0 Å². The number of carbonyl (C=O) groups is 1. The third-order valence-electron chi connectivity index (χ3n) is 4.78. The van der Waals surface area contributed by atoms with Crippen LogP contribution in [0.15, 0.2) is 34.8 Å². The number of amides is 1. The molecule has 25 heavy (non-hydrogen) atoms. The van der Waals surface area contributed by atoms with E-state index in [1.54, 1.807) is 7.11 Å². The van der Waals surface area contributed by atoms with Gasteiger partial charge in [0, 0.05) is 11.6 Å². The monoisotopic (exact) mass is 373 g/mol. The summed E-state index contributed by atoms with van der Waals surface area (Å²) in [6.45, 7) is 0.418. The number of thiocarbonyl (C=S) groups is 1. The summed E-state index contributed by atoms with van der Waals surface area (Å²) in [4.78, 5) is 15.3. The maximum Gasteiger partial charge on any atom is 0.266 e. The number of methoxy groups -OCH3 is 1. The smallest absolute Gasteiger partial charge is 0.266 e. The van der Waals surface area contributed by atoms with Gasteiger partial charge in [-0.25, -0.2) is 0 Å². The van der Waals surface area contributed by atoms with Gasteiger partial charge in [0.1, 0.15) is 10.9 Å². The van der Waals surface area contributed by atoms with E-state index in [-0.39, 0.29) is 11.9 Å². The predicted octanol–water partition coefficient (Wildman–Crippen LogP) is 4.16. The van der Waals surface area contributed by atoms with Gasteiger partial charge in [0.25, 0.3) is 5.91 Å². The number of fused-ring (bicyclic) bond motifs is 1. The molecular weight excluding hydrogens is 354 g/mol. The Morgan fingerprint density at radius 2 is 2.16 bits per heavy atom. The molecule has 1 saturated heterocycles. The number of benzene rings is 1. The van der Waals surface area contributed by atoms with Crippen LogP contribution in [-0.4, -0.2) is 34.9 Å². The molecule has 1 aromatic carbocycles. The number of thioether (sulfide) groups is 1. The topological polar surface area (TPSA) is 38.8 Å². The maximum absolute atomic E-state index is 12.8. The van der Waals surface area contributed by atoms with Crippen LogP contribution in [0, 0.1) is 0 Å². The molecule has 0 atom stereocenters. The average molecular weight is 373 g/mol. The SMILES string of the molecule is COc1cccc2c1OCC(C=C1SC(=S)N(C3CCCC3)C1=O)=C2. The molecule has 0 radical (unpaired) electrons. The summed E-state index contributed by atoms with van der Waals surface area (Å²) < 4.78 is 11.9. The van der Waals surface area contributed by atoms with E-state index in [0.717, 1.165) is 35.5 Å². The van der Waals surface area contributed by atoms with Gasteiger partial charge in [0.2, 0.25) is 0 Å². The molecule has 2 fully saturated rings. The summed E-state index contributed by atoms with van der Waals surface area (Å²) in [5, 5.41) is 0. The molecule has 0 aromatic heterocycles. The number of hydrogen-bond donors (Lipinski definition) is 0. The Morgan fingerprint density at radius 3 is 2.92 bits per heavy atom. The molecule has 1 amide bonds. The summed E-state index contributed by atoms with van der Waals surface area (Å²) in [7, 11) is 1.63. The zero-order valence-corrected chi connectivity index (χ0v) is 15.6. The van der Waals surface area contributed by atoms with Crippen molar-refractivity contribution in [1.29, 1.82) is 0 Å². The van der Waals surface area contributed by atoms with Gasteiger partial charge in [-0.05, 0) is 36.6 Å². The summed E-state index contributed by atoms with van der Waals surface area (Å²) in [6.07, 6.45) is 8.42. The highest BCUT2D eigenvalue weighted by molar-refractivity contribution is 8.26. The van der Waals surface area contributed by atoms with Gasteiger partial charge >= 0.3 is 0 Å². The molecule has 0 N–H and O–H groups in total. The van der Waals surface area contributed by atoms with Gasteiger partial charge in [0.05, 0.1) is 12.0 Å².